The summed E-state index contributed by atoms with van der Waals surface area (Å²) in [6.07, 6.45) is 0. The fourth-order valence-electron chi connectivity index (χ4n) is 1.71. The zero-order valence-corrected chi connectivity index (χ0v) is 8.90. The zero-order chi connectivity index (χ0) is 10.8. The third-order valence-corrected chi connectivity index (χ3v) is 2.53. The van der Waals surface area contributed by atoms with E-state index in [1.165, 1.54) is 0 Å². The smallest absolute Gasteiger partial charge is 0.135 e. The zero-order valence-electron chi connectivity index (χ0n) is 8.90. The number of hydrogen-bond acceptors (Lipinski definition) is 3. The van der Waals surface area contributed by atoms with E-state index in [4.69, 9.17) is 4.74 Å². The van der Waals surface area contributed by atoms with Crippen molar-refractivity contribution in [1.82, 2.24) is 9.55 Å². The highest BCUT2D eigenvalue weighted by Gasteiger charge is 2.09. The predicted octanol–water partition coefficient (Wildman–Crippen LogP) is 1.21. The number of methoxy groups -OCH3 is 1. The molecule has 15 heavy (non-hydrogen) atoms. The molecule has 0 spiro atoms. The highest BCUT2D eigenvalue weighted by Crippen LogP contribution is 2.19. The van der Waals surface area contributed by atoms with Gasteiger partial charge in [-0.25, -0.2) is 4.98 Å². The highest BCUT2D eigenvalue weighted by molar-refractivity contribution is 5.79. The first kappa shape index (κ1) is 10.1. The van der Waals surface area contributed by atoms with Gasteiger partial charge in [0.1, 0.15) is 12.4 Å². The van der Waals surface area contributed by atoms with Gasteiger partial charge >= 0.3 is 0 Å². The van der Waals surface area contributed by atoms with Gasteiger partial charge in [0.15, 0.2) is 0 Å². The molecule has 1 heterocycles. The fourth-order valence-corrected chi connectivity index (χ4v) is 1.71. The van der Waals surface area contributed by atoms with E-state index in [1.54, 1.807) is 7.11 Å². The molecule has 0 aliphatic rings. The molecule has 0 bridgehead atoms. The quantitative estimate of drug-likeness (QED) is 0.821. The van der Waals surface area contributed by atoms with Crippen molar-refractivity contribution in [1.29, 1.82) is 0 Å². The number of nitrogens with zero attached hydrogens (tertiary/aromatic N) is 2. The summed E-state index contributed by atoms with van der Waals surface area (Å²) < 4.78 is 7.05. The lowest BCUT2D eigenvalue weighted by Gasteiger charge is -2.00. The Morgan fingerprint density at radius 3 is 2.93 bits per heavy atom. The molecule has 80 valence electrons. The number of benzene rings is 1. The maximum atomic E-state index is 9.19. The molecule has 0 fully saturated rings. The molecule has 0 aliphatic carbocycles. The third kappa shape index (κ3) is 1.62. The van der Waals surface area contributed by atoms with Crippen LogP contribution in [-0.2, 0) is 25.0 Å². The molecule has 0 unspecified atom stereocenters. The van der Waals surface area contributed by atoms with Crippen molar-refractivity contribution < 1.29 is 9.84 Å². The van der Waals surface area contributed by atoms with Crippen molar-refractivity contribution in [3.63, 3.8) is 0 Å². The van der Waals surface area contributed by atoms with Crippen molar-refractivity contribution in [3.05, 3.63) is 29.6 Å². The number of ether oxygens (including phenoxy) is 1. The van der Waals surface area contributed by atoms with Gasteiger partial charge in [0.2, 0.25) is 0 Å². The molecule has 4 heteroatoms. The molecule has 1 aromatic carbocycles. The molecule has 0 atom stereocenters. The van der Waals surface area contributed by atoms with Crippen LogP contribution in [0.3, 0.4) is 0 Å². The minimum Gasteiger partial charge on any atom is -0.392 e. The third-order valence-electron chi connectivity index (χ3n) is 2.53. The Balaban J connectivity index is 2.64. The lowest BCUT2D eigenvalue weighted by molar-refractivity contribution is 0.176. The molecule has 1 aromatic heterocycles. The maximum absolute atomic E-state index is 9.19. The van der Waals surface area contributed by atoms with Gasteiger partial charge in [-0.05, 0) is 6.07 Å². The molecular formula is C11H14N2O2. The van der Waals surface area contributed by atoms with Crippen LogP contribution in [-0.4, -0.2) is 21.8 Å². The first-order valence-electron chi connectivity index (χ1n) is 4.81. The second-order valence-electron chi connectivity index (χ2n) is 3.46. The Morgan fingerprint density at radius 1 is 1.47 bits per heavy atom. The number of para-hydroxylation sites is 1. The summed E-state index contributed by atoms with van der Waals surface area (Å²) in [7, 11) is 3.59. The summed E-state index contributed by atoms with van der Waals surface area (Å²) >= 11 is 0. The number of fused-ring (bicyclic) bond motifs is 1. The minimum absolute atomic E-state index is 0.0147. The van der Waals surface area contributed by atoms with E-state index in [9.17, 15) is 5.11 Å². The average molecular weight is 206 g/mol. The summed E-state index contributed by atoms with van der Waals surface area (Å²) in [5.41, 5.74) is 2.73. The molecule has 0 aliphatic heterocycles. The van der Waals surface area contributed by atoms with Crippen LogP contribution in [0.4, 0.5) is 0 Å². The second kappa shape index (κ2) is 4.00. The van der Waals surface area contributed by atoms with Crippen LogP contribution >= 0.6 is 0 Å². The van der Waals surface area contributed by atoms with Crippen LogP contribution in [0.5, 0.6) is 0 Å². The Hall–Kier alpha value is -1.39. The Morgan fingerprint density at radius 2 is 2.27 bits per heavy atom. The SMILES string of the molecule is COCc1nc2c(CO)cccc2n1C. The molecule has 2 aromatic rings. The average Bonchev–Trinajstić information content (AvgIpc) is 2.57. The highest BCUT2D eigenvalue weighted by atomic mass is 16.5. The number of aryl methyl sites for hydroxylation is 1. The first-order valence-corrected chi connectivity index (χ1v) is 4.81. The van der Waals surface area contributed by atoms with Crippen molar-refractivity contribution in [3.8, 4) is 0 Å². The van der Waals surface area contributed by atoms with Gasteiger partial charge in [-0.15, -0.1) is 0 Å². The molecule has 0 amide bonds. The van der Waals surface area contributed by atoms with Gasteiger partial charge in [-0.1, -0.05) is 12.1 Å². The largest absolute Gasteiger partial charge is 0.392 e. The topological polar surface area (TPSA) is 47.3 Å². The van der Waals surface area contributed by atoms with Gasteiger partial charge in [-0.2, -0.15) is 0 Å². The van der Waals surface area contributed by atoms with E-state index >= 15 is 0 Å². The number of rotatable bonds is 3. The number of aliphatic hydroxyl groups is 1. The van der Waals surface area contributed by atoms with Crippen LogP contribution in [0.15, 0.2) is 18.2 Å². The molecule has 0 saturated heterocycles. The van der Waals surface area contributed by atoms with E-state index in [1.807, 2.05) is 29.8 Å². The van der Waals surface area contributed by atoms with E-state index in [0.29, 0.717) is 6.61 Å². The van der Waals surface area contributed by atoms with Crippen molar-refractivity contribution in [2.75, 3.05) is 7.11 Å². The van der Waals surface area contributed by atoms with Gasteiger partial charge in [0.25, 0.3) is 0 Å². The Kier molecular flexibility index (Phi) is 2.70. The summed E-state index contributed by atoms with van der Waals surface area (Å²) in [4.78, 5) is 4.45. The van der Waals surface area contributed by atoms with Crippen LogP contribution in [0, 0.1) is 0 Å². The maximum Gasteiger partial charge on any atom is 0.135 e. The summed E-state index contributed by atoms with van der Waals surface area (Å²) in [5, 5.41) is 9.19. The molecule has 0 saturated carbocycles. The van der Waals surface area contributed by atoms with E-state index < -0.39 is 0 Å². The monoisotopic (exact) mass is 206 g/mol. The molecular weight excluding hydrogens is 192 g/mol. The van der Waals surface area contributed by atoms with Crippen LogP contribution in [0.25, 0.3) is 11.0 Å². The van der Waals surface area contributed by atoms with Crippen molar-refractivity contribution in [2.45, 2.75) is 13.2 Å². The minimum atomic E-state index is 0.0147. The van der Waals surface area contributed by atoms with Gasteiger partial charge < -0.3 is 14.4 Å². The van der Waals surface area contributed by atoms with Gasteiger partial charge in [0, 0.05) is 19.7 Å². The first-order chi connectivity index (χ1) is 7.27. The lowest BCUT2D eigenvalue weighted by Crippen LogP contribution is -1.98. The van der Waals surface area contributed by atoms with Crippen LogP contribution in [0.1, 0.15) is 11.4 Å². The van der Waals surface area contributed by atoms with Gasteiger partial charge in [0.05, 0.1) is 17.6 Å². The van der Waals surface area contributed by atoms with Crippen molar-refractivity contribution >= 4 is 11.0 Å². The van der Waals surface area contributed by atoms with Crippen molar-refractivity contribution in [2.24, 2.45) is 7.05 Å². The number of aliphatic hydroxyl groups excluding tert-OH is 1. The molecule has 4 nitrogen and oxygen atoms in total. The Bertz CT molecular complexity index is 477. The standard InChI is InChI=1S/C11H14N2O2/c1-13-9-5-3-4-8(6-14)11(9)12-10(13)7-15-2/h3-5,14H,6-7H2,1-2H3. The Labute approximate surface area is 88.1 Å². The fraction of sp³-hybridized carbons (Fsp3) is 0.364. The van der Waals surface area contributed by atoms with Gasteiger partial charge in [-0.3, -0.25) is 0 Å². The summed E-state index contributed by atoms with van der Waals surface area (Å²) in [6.45, 7) is 0.497. The number of aromatic nitrogens is 2. The van der Waals surface area contributed by atoms with Crippen LogP contribution < -0.4 is 0 Å². The predicted molar refractivity (Wildman–Crippen MR) is 57.3 cm³/mol. The molecule has 0 radical (unpaired) electrons. The van der Waals surface area contributed by atoms with Crippen LogP contribution in [0.2, 0.25) is 0 Å². The summed E-state index contributed by atoms with van der Waals surface area (Å²) in [6, 6.07) is 5.79. The summed E-state index contributed by atoms with van der Waals surface area (Å²) in [5.74, 6) is 0.869. The second-order valence-corrected chi connectivity index (χ2v) is 3.46. The normalized spacial score (nSPS) is 11.1. The number of hydrogen-bond donors (Lipinski definition) is 1. The van der Waals surface area contributed by atoms with E-state index in [-0.39, 0.29) is 6.61 Å². The molecule has 2 rings (SSSR count). The van der Waals surface area contributed by atoms with E-state index in [0.717, 1.165) is 22.4 Å². The van der Waals surface area contributed by atoms with E-state index in [2.05, 4.69) is 4.98 Å². The molecule has 1 N–H and O–H groups in total. The number of imidazole rings is 1. The lowest BCUT2D eigenvalue weighted by atomic mass is 10.2.